The van der Waals surface area contributed by atoms with Gasteiger partial charge in [-0.1, -0.05) is 12.1 Å². The number of aryl methyl sites for hydroxylation is 1. The molecule has 3 heterocycles. The van der Waals surface area contributed by atoms with Crippen molar-refractivity contribution in [2.75, 3.05) is 36.0 Å². The number of aromatic amines is 1. The van der Waals surface area contributed by atoms with Crippen molar-refractivity contribution in [3.63, 3.8) is 0 Å². The zero-order valence-electron chi connectivity index (χ0n) is 16.7. The standard InChI is InChI=1S/C23H21N5O2/c1-16-15-22(17-5-2-3-7-19(17)25-16)27-13-11-26(12-14-27)21-9-8-20(28(29)30)18-6-4-10-24-23(18)21/h2-10,15H,11-14H2,1H3/p+1. The van der Waals surface area contributed by atoms with Gasteiger partial charge in [0.25, 0.3) is 5.69 Å². The number of nitrogens with zero attached hydrogens (tertiary/aromatic N) is 4. The molecule has 0 atom stereocenters. The number of para-hydroxylation sites is 1. The van der Waals surface area contributed by atoms with E-state index in [0.717, 1.165) is 43.1 Å². The van der Waals surface area contributed by atoms with Crippen molar-refractivity contribution in [3.05, 3.63) is 76.6 Å². The summed E-state index contributed by atoms with van der Waals surface area (Å²) in [6, 6.07) is 17.5. The summed E-state index contributed by atoms with van der Waals surface area (Å²) in [6.07, 6.45) is 1.70. The molecule has 2 aromatic heterocycles. The van der Waals surface area contributed by atoms with Crippen molar-refractivity contribution in [2.45, 2.75) is 6.92 Å². The number of hydrogen-bond donors (Lipinski definition) is 0. The van der Waals surface area contributed by atoms with Crippen LogP contribution in [0.25, 0.3) is 21.8 Å². The van der Waals surface area contributed by atoms with Crippen LogP contribution >= 0.6 is 0 Å². The number of piperazine rings is 1. The predicted octanol–water partition coefficient (Wildman–Crippen LogP) is 3.75. The monoisotopic (exact) mass is 400 g/mol. The Morgan fingerprint density at radius 1 is 0.933 bits per heavy atom. The number of H-pyrrole nitrogens is 1. The van der Waals surface area contributed by atoms with E-state index in [0.29, 0.717) is 10.9 Å². The molecule has 5 rings (SSSR count). The molecule has 0 amide bonds. The lowest BCUT2D eigenvalue weighted by Gasteiger charge is -2.37. The molecule has 1 aliphatic rings. The van der Waals surface area contributed by atoms with Gasteiger partial charge in [-0.15, -0.1) is 0 Å². The second kappa shape index (κ2) is 7.26. The van der Waals surface area contributed by atoms with Crippen molar-refractivity contribution >= 4 is 38.9 Å². The molecule has 30 heavy (non-hydrogen) atoms. The SMILES string of the molecule is Cc1cc(N2CCN(c3ccc([N+](=O)[O-])c4cccnc34)CC2)c2ccccc2[nH+]1. The van der Waals surface area contributed by atoms with Crippen LogP contribution in [-0.2, 0) is 0 Å². The van der Waals surface area contributed by atoms with Gasteiger partial charge in [0.2, 0.25) is 5.52 Å². The third-order valence-electron chi connectivity index (χ3n) is 5.77. The van der Waals surface area contributed by atoms with Gasteiger partial charge in [0.15, 0.2) is 5.69 Å². The lowest BCUT2D eigenvalue weighted by Crippen LogP contribution is -2.46. The number of non-ortho nitro benzene ring substituents is 1. The second-order valence-electron chi connectivity index (χ2n) is 7.62. The highest BCUT2D eigenvalue weighted by molar-refractivity contribution is 5.97. The van der Waals surface area contributed by atoms with E-state index in [1.807, 2.05) is 12.1 Å². The maximum atomic E-state index is 11.4. The Kier molecular flexibility index (Phi) is 4.43. The highest BCUT2D eigenvalue weighted by Crippen LogP contribution is 2.33. The van der Waals surface area contributed by atoms with Crippen LogP contribution in [0, 0.1) is 17.0 Å². The molecule has 7 heteroatoms. The number of nitrogens with one attached hydrogen (secondary N) is 1. The Morgan fingerprint density at radius 2 is 1.63 bits per heavy atom. The minimum Gasteiger partial charge on any atom is -0.367 e. The fourth-order valence-corrected chi connectivity index (χ4v) is 4.35. The number of anilines is 2. The summed E-state index contributed by atoms with van der Waals surface area (Å²) in [7, 11) is 0. The molecule has 7 nitrogen and oxygen atoms in total. The van der Waals surface area contributed by atoms with Gasteiger partial charge in [0.05, 0.1) is 27.1 Å². The molecule has 0 radical (unpaired) electrons. The first kappa shape index (κ1) is 18.3. The highest BCUT2D eigenvalue weighted by Gasteiger charge is 2.24. The van der Waals surface area contributed by atoms with Gasteiger partial charge in [-0.2, -0.15) is 0 Å². The molecular formula is C23H22N5O2+. The van der Waals surface area contributed by atoms with Crippen LogP contribution in [0.3, 0.4) is 0 Å². The van der Waals surface area contributed by atoms with Crippen LogP contribution in [0.5, 0.6) is 0 Å². The number of hydrogen-bond acceptors (Lipinski definition) is 5. The minimum atomic E-state index is -0.342. The fourth-order valence-electron chi connectivity index (χ4n) is 4.35. The molecule has 2 aromatic carbocycles. The summed E-state index contributed by atoms with van der Waals surface area (Å²) < 4.78 is 0. The largest absolute Gasteiger partial charge is 0.367 e. The average Bonchev–Trinajstić information content (AvgIpc) is 2.78. The van der Waals surface area contributed by atoms with Gasteiger partial charge in [-0.05, 0) is 24.3 Å². The van der Waals surface area contributed by atoms with E-state index in [1.54, 1.807) is 24.4 Å². The Labute approximate surface area is 173 Å². The van der Waals surface area contributed by atoms with E-state index >= 15 is 0 Å². The van der Waals surface area contributed by atoms with Gasteiger partial charge < -0.3 is 9.80 Å². The van der Waals surface area contributed by atoms with Gasteiger partial charge in [0, 0.05) is 57.5 Å². The molecule has 0 spiro atoms. The smallest absolute Gasteiger partial charge is 0.278 e. The van der Waals surface area contributed by atoms with E-state index in [9.17, 15) is 10.1 Å². The van der Waals surface area contributed by atoms with Crippen LogP contribution in [-0.4, -0.2) is 36.1 Å². The lowest BCUT2D eigenvalue weighted by atomic mass is 10.1. The molecular weight excluding hydrogens is 378 g/mol. The summed E-state index contributed by atoms with van der Waals surface area (Å²) in [5, 5.41) is 13.2. The summed E-state index contributed by atoms with van der Waals surface area (Å²) in [6.45, 7) is 5.49. The second-order valence-corrected chi connectivity index (χ2v) is 7.62. The summed E-state index contributed by atoms with van der Waals surface area (Å²) in [4.78, 5) is 23.6. The Hall–Kier alpha value is -3.74. The van der Waals surface area contributed by atoms with E-state index in [4.69, 9.17) is 0 Å². The number of nitro groups is 1. The third kappa shape index (κ3) is 3.08. The zero-order chi connectivity index (χ0) is 20.7. The van der Waals surface area contributed by atoms with Gasteiger partial charge in [-0.25, -0.2) is 4.98 Å². The van der Waals surface area contributed by atoms with Crippen LogP contribution < -0.4 is 14.8 Å². The minimum absolute atomic E-state index is 0.1000. The highest BCUT2D eigenvalue weighted by atomic mass is 16.6. The molecule has 150 valence electrons. The first-order valence-electron chi connectivity index (χ1n) is 10.1. The zero-order valence-corrected chi connectivity index (χ0v) is 16.7. The lowest BCUT2D eigenvalue weighted by molar-refractivity contribution is -0.383. The van der Waals surface area contributed by atoms with Gasteiger partial charge >= 0.3 is 0 Å². The number of pyridine rings is 2. The summed E-state index contributed by atoms with van der Waals surface area (Å²) in [5.41, 5.74) is 5.27. The Balaban J connectivity index is 1.45. The molecule has 1 aliphatic heterocycles. The van der Waals surface area contributed by atoms with Crippen molar-refractivity contribution in [1.29, 1.82) is 0 Å². The van der Waals surface area contributed by atoms with Gasteiger partial charge in [-0.3, -0.25) is 15.1 Å². The van der Waals surface area contributed by atoms with Crippen LogP contribution in [0.2, 0.25) is 0 Å². The normalized spacial score (nSPS) is 14.4. The van der Waals surface area contributed by atoms with E-state index in [1.165, 1.54) is 11.1 Å². The summed E-state index contributed by atoms with van der Waals surface area (Å²) in [5.74, 6) is 0. The molecule has 4 aromatic rings. The molecule has 0 bridgehead atoms. The first-order valence-corrected chi connectivity index (χ1v) is 10.1. The van der Waals surface area contributed by atoms with E-state index < -0.39 is 0 Å². The van der Waals surface area contributed by atoms with Crippen LogP contribution in [0.4, 0.5) is 17.1 Å². The van der Waals surface area contributed by atoms with Crippen molar-refractivity contribution in [2.24, 2.45) is 0 Å². The van der Waals surface area contributed by atoms with Crippen LogP contribution in [0.1, 0.15) is 5.69 Å². The fraction of sp³-hybridized carbons (Fsp3) is 0.217. The predicted molar refractivity (Wildman–Crippen MR) is 118 cm³/mol. The number of aromatic nitrogens is 2. The Morgan fingerprint density at radius 3 is 2.40 bits per heavy atom. The number of benzene rings is 2. The van der Waals surface area contributed by atoms with Crippen LogP contribution in [0.15, 0.2) is 60.8 Å². The maximum Gasteiger partial charge on any atom is 0.278 e. The molecule has 0 saturated carbocycles. The maximum absolute atomic E-state index is 11.4. The molecule has 1 saturated heterocycles. The van der Waals surface area contributed by atoms with Crippen molar-refractivity contribution < 1.29 is 9.91 Å². The van der Waals surface area contributed by atoms with E-state index in [-0.39, 0.29) is 10.6 Å². The number of rotatable bonds is 3. The molecule has 0 unspecified atom stereocenters. The quantitative estimate of drug-likeness (QED) is 0.387. The van der Waals surface area contributed by atoms with Gasteiger partial charge in [0.1, 0.15) is 5.52 Å². The third-order valence-corrected chi connectivity index (χ3v) is 5.77. The van der Waals surface area contributed by atoms with Crippen molar-refractivity contribution in [3.8, 4) is 0 Å². The number of fused-ring (bicyclic) bond motifs is 2. The molecule has 0 aliphatic carbocycles. The topological polar surface area (TPSA) is 76.7 Å². The van der Waals surface area contributed by atoms with E-state index in [2.05, 4.69) is 51.0 Å². The summed E-state index contributed by atoms with van der Waals surface area (Å²) >= 11 is 0. The molecule has 1 N–H and O–H groups in total. The van der Waals surface area contributed by atoms with Crippen molar-refractivity contribution in [1.82, 2.24) is 4.98 Å². The molecule has 1 fully saturated rings. The first-order chi connectivity index (χ1) is 14.6. The average molecular weight is 400 g/mol. The Bertz CT molecular complexity index is 1270. The number of nitro benzene ring substituents is 1.